The van der Waals surface area contributed by atoms with Gasteiger partial charge in [-0.2, -0.15) is 0 Å². The normalized spacial score (nSPS) is 18.7. The van der Waals surface area contributed by atoms with E-state index in [0.717, 1.165) is 16.7 Å². The maximum atomic E-state index is 14.1. The van der Waals surface area contributed by atoms with E-state index in [1.54, 1.807) is 18.2 Å². The monoisotopic (exact) mass is 609 g/mol. The van der Waals surface area contributed by atoms with Gasteiger partial charge < -0.3 is 14.9 Å². The minimum atomic E-state index is -3.31. The largest absolute Gasteiger partial charge is 0.465 e. The topological polar surface area (TPSA) is 98.2 Å². The number of halogens is 3. The van der Waals surface area contributed by atoms with E-state index in [2.05, 4.69) is 4.90 Å². The Labute approximate surface area is 245 Å². The van der Waals surface area contributed by atoms with Crippen LogP contribution in [-0.4, -0.2) is 90.7 Å². The summed E-state index contributed by atoms with van der Waals surface area (Å²) in [5, 5.41) is 9.96. The zero-order valence-corrected chi connectivity index (χ0v) is 24.7. The lowest BCUT2D eigenvalue weighted by Crippen LogP contribution is -2.54. The summed E-state index contributed by atoms with van der Waals surface area (Å²) in [6.07, 6.45) is 0.673. The Morgan fingerprint density at radius 3 is 2.24 bits per heavy atom. The zero-order chi connectivity index (χ0) is 30.7. The number of likely N-dealkylation sites (N-methyl/N-ethyl adjacent to an activating group) is 1. The molecule has 0 aromatic heterocycles. The Morgan fingerprint density at radius 2 is 1.71 bits per heavy atom. The second-order valence-electron chi connectivity index (χ2n) is 11.3. The van der Waals surface area contributed by atoms with Gasteiger partial charge in [-0.1, -0.05) is 24.3 Å². The van der Waals surface area contributed by atoms with Crippen LogP contribution in [0, 0.1) is 5.82 Å². The van der Waals surface area contributed by atoms with Crippen molar-refractivity contribution in [3.05, 3.63) is 65.5 Å². The first-order valence-corrected chi connectivity index (χ1v) is 16.1. The first kappa shape index (κ1) is 31.8. The Hall–Kier alpha value is -3.12. The molecule has 0 radical (unpaired) electrons. The fourth-order valence-corrected chi connectivity index (χ4v) is 6.71. The van der Waals surface area contributed by atoms with Crippen LogP contribution in [0.4, 0.5) is 18.0 Å². The molecule has 1 aliphatic heterocycles. The highest BCUT2D eigenvalue weighted by atomic mass is 32.2. The lowest BCUT2D eigenvalue weighted by Gasteiger charge is -2.45. The molecule has 4 rings (SSSR count). The van der Waals surface area contributed by atoms with Crippen LogP contribution in [0.2, 0.25) is 0 Å². The molecule has 1 atom stereocenters. The van der Waals surface area contributed by atoms with E-state index >= 15 is 0 Å². The van der Waals surface area contributed by atoms with Crippen LogP contribution in [0.3, 0.4) is 0 Å². The number of nitrogens with zero attached hydrogens (tertiary/aromatic N) is 3. The Balaban J connectivity index is 1.36. The van der Waals surface area contributed by atoms with Crippen LogP contribution in [0.5, 0.6) is 0 Å². The molecule has 2 fully saturated rings. The smallest absolute Gasteiger partial charge is 0.408 e. The summed E-state index contributed by atoms with van der Waals surface area (Å²) in [4.78, 5) is 30.6. The number of hydrogen-bond donors (Lipinski definition) is 1. The van der Waals surface area contributed by atoms with Crippen molar-refractivity contribution in [3.63, 3.8) is 0 Å². The minimum Gasteiger partial charge on any atom is -0.465 e. The molecule has 230 valence electrons. The predicted octanol–water partition coefficient (Wildman–Crippen LogP) is 4.99. The number of rotatable bonds is 11. The fourth-order valence-electron chi connectivity index (χ4n) is 6.08. The van der Waals surface area contributed by atoms with Crippen molar-refractivity contribution in [2.45, 2.75) is 74.4 Å². The predicted molar refractivity (Wildman–Crippen MR) is 152 cm³/mol. The van der Waals surface area contributed by atoms with Gasteiger partial charge in [-0.25, -0.2) is 26.4 Å². The number of sulfone groups is 1. The molecule has 1 N–H and O–H groups in total. The van der Waals surface area contributed by atoms with Gasteiger partial charge in [0.05, 0.1) is 17.4 Å². The summed E-state index contributed by atoms with van der Waals surface area (Å²) in [5.74, 6) is -3.45. The van der Waals surface area contributed by atoms with E-state index < -0.39 is 52.6 Å². The molecule has 0 bridgehead atoms. The van der Waals surface area contributed by atoms with E-state index in [1.807, 2.05) is 11.8 Å². The average molecular weight is 610 g/mol. The molecule has 0 spiro atoms. The number of carbonyl (C=O) groups is 2. The Morgan fingerprint density at radius 1 is 1.07 bits per heavy atom. The van der Waals surface area contributed by atoms with Gasteiger partial charge in [0.15, 0.2) is 9.84 Å². The van der Waals surface area contributed by atoms with E-state index in [0.29, 0.717) is 51.0 Å². The van der Waals surface area contributed by atoms with Crippen LogP contribution >= 0.6 is 0 Å². The number of piperidine rings is 1. The summed E-state index contributed by atoms with van der Waals surface area (Å²) in [5.41, 5.74) is 1.17. The molecule has 1 heterocycles. The number of alkyl halides is 2. The van der Waals surface area contributed by atoms with Gasteiger partial charge >= 0.3 is 6.09 Å². The maximum Gasteiger partial charge on any atom is 0.408 e. The summed E-state index contributed by atoms with van der Waals surface area (Å²) < 4.78 is 64.8. The standard InChI is InChI=1S/C30H38F3N3O5S/c1-3-35(28(37)17-21-7-9-26(10-8-21)42(2,40)41)24-11-14-34(15-12-24)16-13-27(22-5-4-6-23(31)18-22)36(29(38)39)25-19-30(32,33)20-25/h4-10,18,24-25,27H,3,11-17,19-20H2,1-2H3,(H,38,39)/t27-/m0/s1. The van der Waals surface area contributed by atoms with Crippen LogP contribution in [0.15, 0.2) is 53.4 Å². The molecule has 2 aromatic carbocycles. The van der Waals surface area contributed by atoms with Crippen molar-refractivity contribution in [2.24, 2.45) is 0 Å². The molecule has 1 saturated carbocycles. The number of hydrogen-bond acceptors (Lipinski definition) is 5. The van der Waals surface area contributed by atoms with Crippen molar-refractivity contribution in [1.82, 2.24) is 14.7 Å². The van der Waals surface area contributed by atoms with Crippen molar-refractivity contribution in [2.75, 3.05) is 32.4 Å². The molecule has 2 aliphatic rings. The highest BCUT2D eigenvalue weighted by molar-refractivity contribution is 7.90. The van der Waals surface area contributed by atoms with Gasteiger partial charge in [0, 0.05) is 57.4 Å². The van der Waals surface area contributed by atoms with E-state index in [9.17, 15) is 36.3 Å². The van der Waals surface area contributed by atoms with Crippen LogP contribution in [0.1, 0.15) is 56.2 Å². The minimum absolute atomic E-state index is 0.0285. The highest BCUT2D eigenvalue weighted by Gasteiger charge is 2.51. The maximum absolute atomic E-state index is 14.1. The quantitative estimate of drug-likeness (QED) is 0.386. The summed E-state index contributed by atoms with van der Waals surface area (Å²) >= 11 is 0. The third-order valence-corrected chi connectivity index (χ3v) is 9.47. The van der Waals surface area contributed by atoms with Crippen LogP contribution < -0.4 is 0 Å². The summed E-state index contributed by atoms with van der Waals surface area (Å²) in [6.45, 7) is 4.29. The van der Waals surface area contributed by atoms with Gasteiger partial charge in [-0.05, 0) is 61.6 Å². The first-order valence-electron chi connectivity index (χ1n) is 14.2. The highest BCUT2D eigenvalue weighted by Crippen LogP contribution is 2.44. The van der Waals surface area contributed by atoms with Crippen LogP contribution in [-0.2, 0) is 21.1 Å². The van der Waals surface area contributed by atoms with E-state index in [-0.39, 0.29) is 23.3 Å². The van der Waals surface area contributed by atoms with Gasteiger partial charge in [0.2, 0.25) is 5.91 Å². The van der Waals surface area contributed by atoms with E-state index in [4.69, 9.17) is 0 Å². The van der Waals surface area contributed by atoms with E-state index in [1.165, 1.54) is 30.3 Å². The van der Waals surface area contributed by atoms with Crippen molar-refractivity contribution in [3.8, 4) is 0 Å². The van der Waals surface area contributed by atoms with Crippen molar-refractivity contribution >= 4 is 21.8 Å². The summed E-state index contributed by atoms with van der Waals surface area (Å²) in [7, 11) is -3.31. The molecular formula is C30H38F3N3O5S. The van der Waals surface area contributed by atoms with Crippen molar-refractivity contribution < 1.29 is 36.3 Å². The zero-order valence-electron chi connectivity index (χ0n) is 23.9. The SMILES string of the molecule is CCN(C(=O)Cc1ccc(S(C)(=O)=O)cc1)C1CCN(CC[C@@H](c2cccc(F)c2)N(C(=O)O)C2CC(F)(F)C2)CC1. The van der Waals surface area contributed by atoms with Gasteiger partial charge in [0.1, 0.15) is 5.82 Å². The average Bonchev–Trinajstić information content (AvgIpc) is 2.90. The molecule has 12 heteroatoms. The summed E-state index contributed by atoms with van der Waals surface area (Å²) in [6, 6.07) is 10.4. The molecule has 42 heavy (non-hydrogen) atoms. The Kier molecular flexibility index (Phi) is 9.87. The molecule has 0 unspecified atom stereocenters. The van der Waals surface area contributed by atoms with Gasteiger partial charge in [-0.3, -0.25) is 9.69 Å². The van der Waals surface area contributed by atoms with Gasteiger partial charge in [-0.15, -0.1) is 0 Å². The molecule has 8 nitrogen and oxygen atoms in total. The van der Waals surface area contributed by atoms with Crippen LogP contribution in [0.25, 0.3) is 0 Å². The second-order valence-corrected chi connectivity index (χ2v) is 13.3. The Bertz CT molecular complexity index is 1360. The number of carboxylic acid groups (broad SMARTS) is 1. The number of carbonyl (C=O) groups excluding carboxylic acids is 1. The second kappa shape index (κ2) is 13.0. The lowest BCUT2D eigenvalue weighted by molar-refractivity contribution is -0.133. The third-order valence-electron chi connectivity index (χ3n) is 8.34. The molecule has 1 aliphatic carbocycles. The number of amides is 2. The molecule has 1 saturated heterocycles. The first-order chi connectivity index (χ1) is 19.8. The molecule has 2 amide bonds. The third kappa shape index (κ3) is 7.83. The number of likely N-dealkylation sites (tertiary alicyclic amines) is 1. The molecule has 2 aromatic rings. The van der Waals surface area contributed by atoms with Crippen molar-refractivity contribution in [1.29, 1.82) is 0 Å². The lowest BCUT2D eigenvalue weighted by atomic mass is 9.85. The molecular weight excluding hydrogens is 571 g/mol. The number of benzene rings is 2. The van der Waals surface area contributed by atoms with Gasteiger partial charge in [0.25, 0.3) is 5.92 Å². The fraction of sp³-hybridized carbons (Fsp3) is 0.533.